The number of halogens is 3. The van der Waals surface area contributed by atoms with E-state index in [0.717, 1.165) is 5.69 Å². The molecule has 1 aromatic carbocycles. The Balaban J connectivity index is 2.36. The van der Waals surface area contributed by atoms with Crippen molar-refractivity contribution in [1.29, 1.82) is 0 Å². The molecule has 0 N–H and O–H groups in total. The van der Waals surface area contributed by atoms with Crippen LogP contribution in [0.25, 0.3) is 0 Å². The number of nitrogens with zero attached hydrogens (tertiary/aromatic N) is 2. The van der Waals surface area contributed by atoms with Crippen LogP contribution in [0.15, 0.2) is 22.7 Å². The SMILES string of the molecule is CCc1nn(CC)c(CC(=O)c2cccc(Br)c2F)c1Cl. The normalized spacial score (nSPS) is 10.9. The van der Waals surface area contributed by atoms with E-state index in [1.807, 2.05) is 13.8 Å². The number of carbonyl (C=O) groups is 1. The summed E-state index contributed by atoms with van der Waals surface area (Å²) < 4.78 is 16.0. The summed E-state index contributed by atoms with van der Waals surface area (Å²) in [5.41, 5.74) is 1.46. The van der Waals surface area contributed by atoms with Crippen molar-refractivity contribution >= 4 is 33.3 Å². The van der Waals surface area contributed by atoms with E-state index in [0.29, 0.717) is 23.7 Å². The van der Waals surface area contributed by atoms with E-state index >= 15 is 0 Å². The van der Waals surface area contributed by atoms with Crippen LogP contribution in [0.3, 0.4) is 0 Å². The topological polar surface area (TPSA) is 34.9 Å². The van der Waals surface area contributed by atoms with Gasteiger partial charge in [0.2, 0.25) is 0 Å². The second kappa shape index (κ2) is 6.71. The van der Waals surface area contributed by atoms with Gasteiger partial charge in [-0.25, -0.2) is 4.39 Å². The summed E-state index contributed by atoms with van der Waals surface area (Å²) in [5.74, 6) is -0.857. The van der Waals surface area contributed by atoms with Gasteiger partial charge in [-0.15, -0.1) is 0 Å². The fourth-order valence-electron chi connectivity index (χ4n) is 2.15. The molecule has 6 heteroatoms. The lowest BCUT2D eigenvalue weighted by atomic mass is 10.1. The Hall–Kier alpha value is -1.20. The third-order valence-corrected chi connectivity index (χ3v) is 4.32. The first-order valence-corrected chi connectivity index (χ1v) is 7.87. The number of benzene rings is 1. The van der Waals surface area contributed by atoms with Crippen LogP contribution < -0.4 is 0 Å². The monoisotopic (exact) mass is 372 g/mol. The van der Waals surface area contributed by atoms with E-state index in [2.05, 4.69) is 21.0 Å². The molecule has 112 valence electrons. The fraction of sp³-hybridized carbons (Fsp3) is 0.333. The molecule has 0 aliphatic rings. The highest BCUT2D eigenvalue weighted by atomic mass is 79.9. The van der Waals surface area contributed by atoms with Crippen molar-refractivity contribution < 1.29 is 9.18 Å². The first-order valence-electron chi connectivity index (χ1n) is 6.70. The molecule has 0 saturated heterocycles. The summed E-state index contributed by atoms with van der Waals surface area (Å²) in [6.07, 6.45) is 0.727. The third kappa shape index (κ3) is 3.19. The maximum absolute atomic E-state index is 14.0. The lowest BCUT2D eigenvalue weighted by Gasteiger charge is -2.06. The maximum atomic E-state index is 14.0. The molecule has 2 rings (SSSR count). The number of hydrogen-bond acceptors (Lipinski definition) is 2. The van der Waals surface area contributed by atoms with Crippen LogP contribution in [0.2, 0.25) is 5.02 Å². The molecular weight excluding hydrogens is 359 g/mol. The average Bonchev–Trinajstić information content (AvgIpc) is 2.78. The third-order valence-electron chi connectivity index (χ3n) is 3.27. The van der Waals surface area contributed by atoms with E-state index in [1.54, 1.807) is 16.8 Å². The van der Waals surface area contributed by atoms with Gasteiger partial charge >= 0.3 is 0 Å². The first kappa shape index (κ1) is 16.2. The molecule has 0 radical (unpaired) electrons. The standard InChI is InChI=1S/C15H15BrClFN2O/c1-3-11-14(17)12(20(4-2)19-11)8-13(21)9-6-5-7-10(16)15(9)18/h5-7H,3-4,8H2,1-2H3. The molecule has 0 spiro atoms. The van der Waals surface area contributed by atoms with Gasteiger partial charge in [0.25, 0.3) is 0 Å². The van der Waals surface area contributed by atoms with Crippen LogP contribution >= 0.6 is 27.5 Å². The number of Topliss-reactive ketones (excluding diaryl/α,β-unsaturated/α-hetero) is 1. The zero-order chi connectivity index (χ0) is 15.6. The van der Waals surface area contributed by atoms with Crippen molar-refractivity contribution in [3.8, 4) is 0 Å². The van der Waals surface area contributed by atoms with Crippen LogP contribution in [-0.4, -0.2) is 15.6 Å². The summed E-state index contributed by atoms with van der Waals surface area (Å²) in [4.78, 5) is 12.3. The molecule has 0 bridgehead atoms. The number of rotatable bonds is 5. The number of carbonyl (C=O) groups excluding carboxylic acids is 1. The Bertz CT molecular complexity index is 685. The Kier molecular flexibility index (Phi) is 5.17. The highest BCUT2D eigenvalue weighted by Gasteiger charge is 2.20. The van der Waals surface area contributed by atoms with E-state index < -0.39 is 5.82 Å². The van der Waals surface area contributed by atoms with Gasteiger partial charge in [0.05, 0.1) is 32.9 Å². The van der Waals surface area contributed by atoms with Gasteiger partial charge in [-0.05, 0) is 41.4 Å². The van der Waals surface area contributed by atoms with Gasteiger partial charge in [0.1, 0.15) is 5.82 Å². The van der Waals surface area contributed by atoms with Crippen molar-refractivity contribution in [3.05, 3.63) is 50.5 Å². The van der Waals surface area contributed by atoms with E-state index in [-0.39, 0.29) is 22.2 Å². The van der Waals surface area contributed by atoms with Crippen molar-refractivity contribution in [2.75, 3.05) is 0 Å². The summed E-state index contributed by atoms with van der Waals surface area (Å²) in [7, 11) is 0. The van der Waals surface area contributed by atoms with Crippen molar-refractivity contribution in [1.82, 2.24) is 9.78 Å². The van der Waals surface area contributed by atoms with Crippen LogP contribution in [-0.2, 0) is 19.4 Å². The highest BCUT2D eigenvalue weighted by molar-refractivity contribution is 9.10. The van der Waals surface area contributed by atoms with Crippen molar-refractivity contribution in [3.63, 3.8) is 0 Å². The summed E-state index contributed by atoms with van der Waals surface area (Å²) in [6, 6.07) is 4.67. The molecule has 0 aliphatic heterocycles. The quantitative estimate of drug-likeness (QED) is 0.726. The van der Waals surface area contributed by atoms with Crippen molar-refractivity contribution in [2.45, 2.75) is 33.2 Å². The molecule has 1 aromatic heterocycles. The number of ketones is 1. The minimum absolute atomic E-state index is 0.0348. The second-order valence-electron chi connectivity index (χ2n) is 4.58. The summed E-state index contributed by atoms with van der Waals surface area (Å²) in [6.45, 7) is 4.49. The molecule has 0 unspecified atom stereocenters. The summed E-state index contributed by atoms with van der Waals surface area (Å²) in [5, 5.41) is 4.87. The van der Waals surface area contributed by atoms with Crippen molar-refractivity contribution in [2.24, 2.45) is 0 Å². The Morgan fingerprint density at radius 2 is 2.14 bits per heavy atom. The van der Waals surface area contributed by atoms with Crippen LogP contribution in [0.1, 0.15) is 35.6 Å². The molecule has 21 heavy (non-hydrogen) atoms. The molecular formula is C15H15BrClFN2O. The molecule has 0 amide bonds. The lowest BCUT2D eigenvalue weighted by molar-refractivity contribution is 0.0986. The highest BCUT2D eigenvalue weighted by Crippen LogP contribution is 2.25. The molecule has 0 saturated carbocycles. The number of aromatic nitrogens is 2. The molecule has 2 aromatic rings. The zero-order valence-corrected chi connectivity index (χ0v) is 14.1. The van der Waals surface area contributed by atoms with E-state index in [1.165, 1.54) is 6.07 Å². The van der Waals surface area contributed by atoms with Gasteiger partial charge in [-0.3, -0.25) is 9.48 Å². The van der Waals surface area contributed by atoms with Gasteiger partial charge in [-0.1, -0.05) is 24.6 Å². The van der Waals surface area contributed by atoms with Crippen LogP contribution in [0.4, 0.5) is 4.39 Å². The molecule has 0 fully saturated rings. The number of aryl methyl sites for hydroxylation is 2. The number of hydrogen-bond donors (Lipinski definition) is 0. The molecule has 0 atom stereocenters. The Morgan fingerprint density at radius 3 is 2.76 bits per heavy atom. The predicted molar refractivity (Wildman–Crippen MR) is 84.4 cm³/mol. The Morgan fingerprint density at radius 1 is 1.43 bits per heavy atom. The van der Waals surface area contributed by atoms with E-state index in [9.17, 15) is 9.18 Å². The van der Waals surface area contributed by atoms with E-state index in [4.69, 9.17) is 11.6 Å². The second-order valence-corrected chi connectivity index (χ2v) is 5.81. The first-order chi connectivity index (χ1) is 9.99. The fourth-order valence-corrected chi connectivity index (χ4v) is 2.85. The van der Waals surface area contributed by atoms with Gasteiger partial charge in [0, 0.05) is 6.54 Å². The molecule has 0 aliphatic carbocycles. The zero-order valence-electron chi connectivity index (χ0n) is 11.8. The van der Waals surface area contributed by atoms with Crippen LogP contribution in [0, 0.1) is 5.82 Å². The minimum atomic E-state index is -0.545. The lowest BCUT2D eigenvalue weighted by Crippen LogP contribution is -2.11. The Labute approximate surface area is 136 Å². The van der Waals surface area contributed by atoms with Gasteiger partial charge < -0.3 is 0 Å². The largest absolute Gasteiger partial charge is 0.294 e. The van der Waals surface area contributed by atoms with Crippen LogP contribution in [0.5, 0.6) is 0 Å². The van der Waals surface area contributed by atoms with Gasteiger partial charge in [-0.2, -0.15) is 5.10 Å². The smallest absolute Gasteiger partial charge is 0.171 e. The average molecular weight is 374 g/mol. The minimum Gasteiger partial charge on any atom is -0.294 e. The summed E-state index contributed by atoms with van der Waals surface area (Å²) >= 11 is 9.36. The van der Waals surface area contributed by atoms with Gasteiger partial charge in [0.15, 0.2) is 5.78 Å². The maximum Gasteiger partial charge on any atom is 0.171 e. The predicted octanol–water partition coefficient (Wildman–Crippen LogP) is 4.45. The molecule has 1 heterocycles. The molecule has 3 nitrogen and oxygen atoms in total.